The second-order valence-electron chi connectivity index (χ2n) is 2.67. The molecule has 0 aliphatic carbocycles. The first kappa shape index (κ1) is 10.7. The molecular weight excluding hydrogens is 192 g/mol. The van der Waals surface area contributed by atoms with Gasteiger partial charge in [-0.3, -0.25) is 4.98 Å². The van der Waals surface area contributed by atoms with Gasteiger partial charge in [0.1, 0.15) is 5.69 Å². The van der Waals surface area contributed by atoms with Crippen LogP contribution in [-0.4, -0.2) is 19.2 Å². The minimum absolute atomic E-state index is 0.275. The maximum absolute atomic E-state index is 12.4. The lowest BCUT2D eigenvalue weighted by atomic mass is 10.2. The van der Waals surface area contributed by atoms with E-state index in [0.29, 0.717) is 17.1 Å². The third kappa shape index (κ3) is 1.76. The number of ether oxygens (including phenoxy) is 2. The summed E-state index contributed by atoms with van der Waals surface area (Å²) in [6, 6.07) is 0. The molecule has 0 aromatic carbocycles. The first-order valence-electron chi connectivity index (χ1n) is 3.97. The Morgan fingerprint density at radius 2 is 1.93 bits per heavy atom. The SMILES string of the molecule is COc1cnc(C(F)F)c(C)c1OC. The zero-order valence-electron chi connectivity index (χ0n) is 8.17. The van der Waals surface area contributed by atoms with Crippen molar-refractivity contribution in [2.75, 3.05) is 14.2 Å². The van der Waals surface area contributed by atoms with Crippen molar-refractivity contribution >= 4 is 0 Å². The van der Waals surface area contributed by atoms with Crippen LogP contribution in [0.15, 0.2) is 6.20 Å². The molecule has 0 spiro atoms. The zero-order valence-corrected chi connectivity index (χ0v) is 8.17. The Balaban J connectivity index is 3.27. The fraction of sp³-hybridized carbons (Fsp3) is 0.444. The molecule has 5 heteroatoms. The molecule has 0 atom stereocenters. The smallest absolute Gasteiger partial charge is 0.280 e. The van der Waals surface area contributed by atoms with Gasteiger partial charge in [0.05, 0.1) is 20.4 Å². The quantitative estimate of drug-likeness (QED) is 0.755. The maximum atomic E-state index is 12.4. The van der Waals surface area contributed by atoms with E-state index in [1.54, 1.807) is 0 Å². The van der Waals surface area contributed by atoms with Gasteiger partial charge in [-0.2, -0.15) is 0 Å². The number of alkyl halides is 2. The van der Waals surface area contributed by atoms with Gasteiger partial charge in [0.2, 0.25) is 0 Å². The molecule has 0 radical (unpaired) electrons. The number of hydrogen-bond donors (Lipinski definition) is 0. The molecule has 0 fully saturated rings. The van der Waals surface area contributed by atoms with Crippen LogP contribution in [0.3, 0.4) is 0 Å². The van der Waals surface area contributed by atoms with Gasteiger partial charge in [0.15, 0.2) is 11.5 Å². The van der Waals surface area contributed by atoms with Gasteiger partial charge in [-0.15, -0.1) is 0 Å². The lowest BCUT2D eigenvalue weighted by molar-refractivity contribution is 0.144. The standard InChI is InChI=1S/C9H11F2NO2/c1-5-7(9(10)11)12-4-6(13-2)8(5)14-3/h4,9H,1-3H3. The summed E-state index contributed by atoms with van der Waals surface area (Å²) in [6.07, 6.45) is -1.37. The Morgan fingerprint density at radius 1 is 1.29 bits per heavy atom. The van der Waals surface area contributed by atoms with Crippen LogP contribution >= 0.6 is 0 Å². The number of aromatic nitrogens is 1. The monoisotopic (exact) mass is 203 g/mol. The van der Waals surface area contributed by atoms with E-state index in [9.17, 15) is 8.78 Å². The van der Waals surface area contributed by atoms with E-state index >= 15 is 0 Å². The van der Waals surface area contributed by atoms with Crippen LogP contribution in [0.1, 0.15) is 17.7 Å². The van der Waals surface area contributed by atoms with Gasteiger partial charge >= 0.3 is 0 Å². The summed E-state index contributed by atoms with van der Waals surface area (Å²) in [5.74, 6) is 0.659. The molecule has 3 nitrogen and oxygen atoms in total. The van der Waals surface area contributed by atoms with Crippen LogP contribution in [0.25, 0.3) is 0 Å². The fourth-order valence-corrected chi connectivity index (χ4v) is 1.20. The van der Waals surface area contributed by atoms with Crippen molar-refractivity contribution in [1.82, 2.24) is 4.98 Å². The highest BCUT2D eigenvalue weighted by Crippen LogP contribution is 2.34. The Hall–Kier alpha value is -1.39. The number of nitrogens with zero attached hydrogens (tertiary/aromatic N) is 1. The first-order chi connectivity index (χ1) is 6.61. The molecule has 0 unspecified atom stereocenters. The van der Waals surface area contributed by atoms with E-state index < -0.39 is 6.43 Å². The van der Waals surface area contributed by atoms with Gasteiger partial charge in [-0.05, 0) is 6.92 Å². The lowest BCUT2D eigenvalue weighted by Crippen LogP contribution is -2.00. The van der Waals surface area contributed by atoms with Crippen LogP contribution in [0.5, 0.6) is 11.5 Å². The number of hydrogen-bond acceptors (Lipinski definition) is 3. The number of rotatable bonds is 3. The molecule has 0 N–H and O–H groups in total. The summed E-state index contributed by atoms with van der Waals surface area (Å²) in [7, 11) is 2.83. The van der Waals surface area contributed by atoms with Crippen molar-refractivity contribution in [2.24, 2.45) is 0 Å². The molecule has 0 aliphatic heterocycles. The van der Waals surface area contributed by atoms with Crippen molar-refractivity contribution in [1.29, 1.82) is 0 Å². The molecule has 0 amide bonds. The molecule has 0 saturated heterocycles. The summed E-state index contributed by atoms with van der Waals surface area (Å²) >= 11 is 0. The molecule has 0 saturated carbocycles. The molecule has 0 bridgehead atoms. The summed E-state index contributed by atoms with van der Waals surface area (Å²) in [4.78, 5) is 3.60. The third-order valence-electron chi connectivity index (χ3n) is 1.90. The van der Waals surface area contributed by atoms with Gasteiger partial charge in [-0.25, -0.2) is 8.78 Å². The largest absolute Gasteiger partial charge is 0.492 e. The summed E-state index contributed by atoms with van der Waals surface area (Å²) in [5.41, 5.74) is 0.0319. The van der Waals surface area contributed by atoms with Gasteiger partial charge in [0.25, 0.3) is 6.43 Å². The molecule has 14 heavy (non-hydrogen) atoms. The van der Waals surface area contributed by atoms with E-state index in [0.717, 1.165) is 0 Å². The molecular formula is C9H11F2NO2. The van der Waals surface area contributed by atoms with Crippen molar-refractivity contribution < 1.29 is 18.3 Å². The summed E-state index contributed by atoms with van der Waals surface area (Å²) in [5, 5.41) is 0. The highest BCUT2D eigenvalue weighted by molar-refractivity contribution is 5.46. The molecule has 1 heterocycles. The molecule has 1 aromatic heterocycles. The van der Waals surface area contributed by atoms with Gasteiger partial charge in [0, 0.05) is 5.56 Å². The third-order valence-corrected chi connectivity index (χ3v) is 1.90. The number of halogens is 2. The highest BCUT2D eigenvalue weighted by Gasteiger charge is 2.18. The lowest BCUT2D eigenvalue weighted by Gasteiger charge is -2.12. The van der Waals surface area contributed by atoms with E-state index in [1.165, 1.54) is 27.3 Å². The van der Waals surface area contributed by atoms with Crippen LogP contribution in [0.2, 0.25) is 0 Å². The van der Waals surface area contributed by atoms with Crippen LogP contribution < -0.4 is 9.47 Å². The minimum atomic E-state index is -2.60. The zero-order chi connectivity index (χ0) is 10.7. The Bertz CT molecular complexity index is 329. The predicted molar refractivity (Wildman–Crippen MR) is 47.0 cm³/mol. The second-order valence-corrected chi connectivity index (χ2v) is 2.67. The Labute approximate surface area is 80.7 Å². The van der Waals surface area contributed by atoms with Gasteiger partial charge in [-0.1, -0.05) is 0 Å². The van der Waals surface area contributed by atoms with Crippen LogP contribution in [0, 0.1) is 6.92 Å². The van der Waals surface area contributed by atoms with Gasteiger partial charge < -0.3 is 9.47 Å². The van der Waals surface area contributed by atoms with E-state index in [2.05, 4.69) is 4.98 Å². The number of methoxy groups -OCH3 is 2. The predicted octanol–water partition coefficient (Wildman–Crippen LogP) is 2.34. The summed E-state index contributed by atoms with van der Waals surface area (Å²) < 4.78 is 34.7. The number of pyridine rings is 1. The highest BCUT2D eigenvalue weighted by atomic mass is 19.3. The van der Waals surface area contributed by atoms with E-state index in [4.69, 9.17) is 9.47 Å². The molecule has 1 rings (SSSR count). The minimum Gasteiger partial charge on any atom is -0.492 e. The molecule has 78 valence electrons. The summed E-state index contributed by atoms with van der Waals surface area (Å²) in [6.45, 7) is 1.52. The maximum Gasteiger partial charge on any atom is 0.280 e. The average molecular weight is 203 g/mol. The van der Waals surface area contributed by atoms with Crippen LogP contribution in [0.4, 0.5) is 8.78 Å². The Morgan fingerprint density at radius 3 is 2.36 bits per heavy atom. The second kappa shape index (κ2) is 4.21. The Kier molecular flexibility index (Phi) is 3.22. The normalized spacial score (nSPS) is 10.4. The first-order valence-corrected chi connectivity index (χ1v) is 3.97. The van der Waals surface area contributed by atoms with Crippen molar-refractivity contribution in [3.63, 3.8) is 0 Å². The average Bonchev–Trinajstić information content (AvgIpc) is 2.16. The van der Waals surface area contributed by atoms with Crippen molar-refractivity contribution in [3.05, 3.63) is 17.5 Å². The molecule has 1 aromatic rings. The van der Waals surface area contributed by atoms with E-state index in [-0.39, 0.29) is 5.69 Å². The van der Waals surface area contributed by atoms with Crippen molar-refractivity contribution in [3.8, 4) is 11.5 Å². The van der Waals surface area contributed by atoms with Crippen molar-refractivity contribution in [2.45, 2.75) is 13.3 Å². The topological polar surface area (TPSA) is 31.4 Å². The van der Waals surface area contributed by atoms with Crippen LogP contribution in [-0.2, 0) is 0 Å². The fourth-order valence-electron chi connectivity index (χ4n) is 1.20. The molecule has 0 aliphatic rings. The van der Waals surface area contributed by atoms with E-state index in [1.807, 2.05) is 0 Å².